The fourth-order valence-corrected chi connectivity index (χ4v) is 5.12. The fourth-order valence-electron chi connectivity index (χ4n) is 5.12. The molecule has 2 heterocycles. The summed E-state index contributed by atoms with van der Waals surface area (Å²) in [5.74, 6) is 0.896. The SMILES string of the molecule is CC(C)C(=O)c1ccc2c(c1)CCN(CC[C@H]1CC[C@H](NC(=O)c3cnccn3)CC1)CC2. The first-order chi connectivity index (χ1) is 16.0. The molecule has 6 nitrogen and oxygen atoms in total. The summed E-state index contributed by atoms with van der Waals surface area (Å²) in [5.41, 5.74) is 4.00. The van der Waals surface area contributed by atoms with E-state index in [0.717, 1.165) is 56.8 Å². The lowest BCUT2D eigenvalue weighted by Gasteiger charge is -2.30. The van der Waals surface area contributed by atoms with E-state index in [1.165, 1.54) is 36.6 Å². The first kappa shape index (κ1) is 23.6. The van der Waals surface area contributed by atoms with Crippen molar-refractivity contribution in [2.24, 2.45) is 11.8 Å². The molecule has 1 aromatic heterocycles. The molecule has 2 aliphatic rings. The van der Waals surface area contributed by atoms with Crippen LogP contribution in [-0.4, -0.2) is 52.2 Å². The van der Waals surface area contributed by atoms with E-state index in [9.17, 15) is 9.59 Å². The number of carbonyl (C=O) groups excluding carboxylic acids is 2. The monoisotopic (exact) mass is 448 g/mol. The number of fused-ring (bicyclic) bond motifs is 1. The molecule has 0 bridgehead atoms. The van der Waals surface area contributed by atoms with E-state index < -0.39 is 0 Å². The number of benzene rings is 1. The maximum Gasteiger partial charge on any atom is 0.271 e. The molecule has 1 aliphatic heterocycles. The first-order valence-electron chi connectivity index (χ1n) is 12.4. The van der Waals surface area contributed by atoms with Gasteiger partial charge in [0.2, 0.25) is 0 Å². The number of rotatable bonds is 7. The average Bonchev–Trinajstić information content (AvgIpc) is 3.05. The van der Waals surface area contributed by atoms with Crippen LogP contribution in [0.3, 0.4) is 0 Å². The summed E-state index contributed by atoms with van der Waals surface area (Å²) in [5, 5.41) is 3.12. The molecule has 0 radical (unpaired) electrons. The van der Waals surface area contributed by atoms with Crippen molar-refractivity contribution in [3.63, 3.8) is 0 Å². The van der Waals surface area contributed by atoms with E-state index in [4.69, 9.17) is 0 Å². The van der Waals surface area contributed by atoms with Gasteiger partial charge >= 0.3 is 0 Å². The number of ketones is 1. The summed E-state index contributed by atoms with van der Waals surface area (Å²) in [4.78, 5) is 35.3. The Hall–Kier alpha value is -2.60. The van der Waals surface area contributed by atoms with Crippen molar-refractivity contribution >= 4 is 11.7 Å². The predicted octanol–water partition coefficient (Wildman–Crippen LogP) is 4.09. The molecule has 1 saturated carbocycles. The Morgan fingerprint density at radius 2 is 1.82 bits per heavy atom. The predicted molar refractivity (Wildman–Crippen MR) is 129 cm³/mol. The lowest BCUT2D eigenvalue weighted by molar-refractivity contribution is 0.0912. The Labute approximate surface area is 197 Å². The molecule has 0 atom stereocenters. The van der Waals surface area contributed by atoms with Crippen molar-refractivity contribution < 1.29 is 9.59 Å². The van der Waals surface area contributed by atoms with Gasteiger partial charge in [0.15, 0.2) is 5.78 Å². The van der Waals surface area contributed by atoms with Gasteiger partial charge in [0.05, 0.1) is 6.20 Å². The average molecular weight is 449 g/mol. The van der Waals surface area contributed by atoms with Crippen LogP contribution in [0.15, 0.2) is 36.8 Å². The van der Waals surface area contributed by atoms with Crippen LogP contribution in [0.2, 0.25) is 0 Å². The molecule has 2 aromatic rings. The van der Waals surface area contributed by atoms with Gasteiger partial charge in [-0.25, -0.2) is 4.98 Å². The number of aromatic nitrogens is 2. The van der Waals surface area contributed by atoms with Crippen LogP contribution in [0.1, 0.15) is 77.9 Å². The smallest absolute Gasteiger partial charge is 0.271 e. The number of nitrogens with zero attached hydrogens (tertiary/aromatic N) is 3. The molecule has 1 N–H and O–H groups in total. The van der Waals surface area contributed by atoms with Crippen LogP contribution >= 0.6 is 0 Å². The number of hydrogen-bond acceptors (Lipinski definition) is 5. The minimum atomic E-state index is -0.117. The highest BCUT2D eigenvalue weighted by atomic mass is 16.2. The first-order valence-corrected chi connectivity index (χ1v) is 12.4. The van der Waals surface area contributed by atoms with Crippen LogP contribution in [0, 0.1) is 11.8 Å². The zero-order chi connectivity index (χ0) is 23.2. The molecule has 6 heteroatoms. The van der Waals surface area contributed by atoms with Gasteiger partial charge in [0.25, 0.3) is 5.91 Å². The summed E-state index contributed by atoms with van der Waals surface area (Å²) in [6.45, 7) is 7.22. The van der Waals surface area contributed by atoms with Gasteiger partial charge < -0.3 is 10.2 Å². The summed E-state index contributed by atoms with van der Waals surface area (Å²) >= 11 is 0. The van der Waals surface area contributed by atoms with Gasteiger partial charge in [-0.05, 0) is 74.6 Å². The topological polar surface area (TPSA) is 75.2 Å². The largest absolute Gasteiger partial charge is 0.348 e. The van der Waals surface area contributed by atoms with Crippen molar-refractivity contribution in [3.8, 4) is 0 Å². The lowest BCUT2D eigenvalue weighted by Crippen LogP contribution is -2.38. The van der Waals surface area contributed by atoms with Gasteiger partial charge in [-0.2, -0.15) is 0 Å². The summed E-state index contributed by atoms with van der Waals surface area (Å²) in [6, 6.07) is 6.56. The van der Waals surface area contributed by atoms with Crippen molar-refractivity contribution in [3.05, 3.63) is 59.2 Å². The molecule has 1 aromatic carbocycles. The van der Waals surface area contributed by atoms with Gasteiger partial charge in [0, 0.05) is 43.0 Å². The van der Waals surface area contributed by atoms with Gasteiger partial charge in [-0.15, -0.1) is 0 Å². The van der Waals surface area contributed by atoms with E-state index in [1.807, 2.05) is 19.9 Å². The number of hydrogen-bond donors (Lipinski definition) is 1. The van der Waals surface area contributed by atoms with Crippen LogP contribution in [-0.2, 0) is 12.8 Å². The highest BCUT2D eigenvalue weighted by Crippen LogP contribution is 2.28. The van der Waals surface area contributed by atoms with Crippen LogP contribution < -0.4 is 5.32 Å². The third-order valence-corrected chi connectivity index (χ3v) is 7.24. The summed E-state index contributed by atoms with van der Waals surface area (Å²) < 4.78 is 0. The number of amides is 1. The molecule has 0 unspecified atom stereocenters. The van der Waals surface area contributed by atoms with Crippen LogP contribution in [0.4, 0.5) is 0 Å². The standard InChI is InChI=1S/C27H36N4O2/c1-19(2)26(32)23-6-5-21-10-15-31(16-11-22(21)17-23)14-9-20-3-7-24(8-4-20)30-27(33)25-18-28-12-13-29-25/h5-6,12-13,17-20,24H,3-4,7-11,14-16H2,1-2H3,(H,30,33)/t20-,24-. The maximum atomic E-state index is 12.4. The molecule has 1 fully saturated rings. The van der Waals surface area contributed by atoms with E-state index in [1.54, 1.807) is 12.4 Å². The second kappa shape index (κ2) is 11.0. The molecule has 33 heavy (non-hydrogen) atoms. The van der Waals surface area contributed by atoms with Crippen molar-refractivity contribution in [1.29, 1.82) is 0 Å². The van der Waals surface area contributed by atoms with Crippen molar-refractivity contribution in [2.45, 2.75) is 64.8 Å². The van der Waals surface area contributed by atoms with E-state index in [-0.39, 0.29) is 23.7 Å². The minimum Gasteiger partial charge on any atom is -0.348 e. The van der Waals surface area contributed by atoms with Gasteiger partial charge in [0.1, 0.15) is 5.69 Å². The number of carbonyl (C=O) groups is 2. The molecule has 176 valence electrons. The Balaban J connectivity index is 1.20. The quantitative estimate of drug-likeness (QED) is 0.646. The Morgan fingerprint density at radius 3 is 2.52 bits per heavy atom. The zero-order valence-electron chi connectivity index (χ0n) is 19.9. The Kier molecular flexibility index (Phi) is 7.86. The molecule has 4 rings (SSSR count). The molecule has 0 spiro atoms. The summed E-state index contributed by atoms with van der Waals surface area (Å²) in [7, 11) is 0. The third kappa shape index (κ3) is 6.26. The minimum absolute atomic E-state index is 0.0424. The van der Waals surface area contributed by atoms with E-state index >= 15 is 0 Å². The Bertz CT molecular complexity index is 952. The molecular weight excluding hydrogens is 412 g/mol. The van der Waals surface area contributed by atoms with Gasteiger partial charge in [-0.1, -0.05) is 26.0 Å². The fraction of sp³-hybridized carbons (Fsp3) is 0.556. The summed E-state index contributed by atoms with van der Waals surface area (Å²) in [6.07, 6.45) is 12.4. The van der Waals surface area contributed by atoms with Crippen molar-refractivity contribution in [2.75, 3.05) is 19.6 Å². The maximum absolute atomic E-state index is 12.4. The molecule has 1 amide bonds. The molecule has 1 aliphatic carbocycles. The third-order valence-electron chi connectivity index (χ3n) is 7.24. The zero-order valence-corrected chi connectivity index (χ0v) is 19.9. The highest BCUT2D eigenvalue weighted by Gasteiger charge is 2.24. The second-order valence-electron chi connectivity index (χ2n) is 9.91. The van der Waals surface area contributed by atoms with E-state index in [0.29, 0.717) is 5.69 Å². The molecular formula is C27H36N4O2. The van der Waals surface area contributed by atoms with E-state index in [2.05, 4.69) is 32.3 Å². The van der Waals surface area contributed by atoms with Crippen LogP contribution in [0.25, 0.3) is 0 Å². The molecule has 0 saturated heterocycles. The highest BCUT2D eigenvalue weighted by molar-refractivity contribution is 5.97. The van der Waals surface area contributed by atoms with Crippen molar-refractivity contribution in [1.82, 2.24) is 20.2 Å². The Morgan fingerprint density at radius 1 is 1.06 bits per heavy atom. The second-order valence-corrected chi connectivity index (χ2v) is 9.91. The lowest BCUT2D eigenvalue weighted by atomic mass is 9.84. The van der Waals surface area contributed by atoms with Gasteiger partial charge in [-0.3, -0.25) is 14.6 Å². The number of Topliss-reactive ketones (excluding diaryl/α,β-unsaturated/α-hetero) is 1. The van der Waals surface area contributed by atoms with Crippen LogP contribution in [0.5, 0.6) is 0 Å². The normalized spacial score (nSPS) is 21.3. The number of nitrogens with one attached hydrogen (secondary N) is 1.